The van der Waals surface area contributed by atoms with Crippen LogP contribution in [0, 0.1) is 0 Å². The van der Waals surface area contributed by atoms with E-state index in [4.69, 9.17) is 0 Å². The van der Waals surface area contributed by atoms with Gasteiger partial charge in [-0.25, -0.2) is 14.3 Å². The summed E-state index contributed by atoms with van der Waals surface area (Å²) in [4.78, 5) is 15.8. The molecule has 0 radical (unpaired) electrons. The molecule has 5 heteroatoms. The normalized spacial score (nSPS) is 11.8. The van der Waals surface area contributed by atoms with Gasteiger partial charge < -0.3 is 5.11 Å². The highest BCUT2D eigenvalue weighted by Gasteiger charge is 2.22. The molecule has 0 atom stereocenters. The molecule has 0 aliphatic carbocycles. The molecule has 1 aromatic carbocycles. The second-order valence-corrected chi connectivity index (χ2v) is 6.24. The predicted molar refractivity (Wildman–Crippen MR) is 84.1 cm³/mol. The molecule has 0 saturated heterocycles. The molecule has 0 amide bonds. The minimum absolute atomic E-state index is 0.134. The molecule has 0 unspecified atom stereocenters. The SMILES string of the molecule is CC(C)(C)c1cc2ncc(C(=O)O)c(-c3ccccc3)n2n1. The van der Waals surface area contributed by atoms with Gasteiger partial charge in [0.25, 0.3) is 0 Å². The van der Waals surface area contributed by atoms with Crippen molar-refractivity contribution in [2.45, 2.75) is 26.2 Å². The first-order valence-electron chi connectivity index (χ1n) is 7.06. The van der Waals surface area contributed by atoms with Gasteiger partial charge in [0.1, 0.15) is 5.56 Å². The maximum absolute atomic E-state index is 11.6. The van der Waals surface area contributed by atoms with E-state index < -0.39 is 5.97 Å². The molecule has 0 saturated carbocycles. The Bertz CT molecular complexity index is 845. The number of rotatable bonds is 2. The van der Waals surface area contributed by atoms with Crippen LogP contribution >= 0.6 is 0 Å². The summed E-state index contributed by atoms with van der Waals surface area (Å²) in [6.07, 6.45) is 1.40. The molecule has 5 nitrogen and oxygen atoms in total. The van der Waals surface area contributed by atoms with Crippen LogP contribution in [0.1, 0.15) is 36.8 Å². The third-order valence-electron chi connectivity index (χ3n) is 3.53. The van der Waals surface area contributed by atoms with Crippen LogP contribution in [0.3, 0.4) is 0 Å². The van der Waals surface area contributed by atoms with E-state index in [2.05, 4.69) is 30.9 Å². The summed E-state index contributed by atoms with van der Waals surface area (Å²) in [6, 6.07) is 11.3. The first-order chi connectivity index (χ1) is 10.4. The summed E-state index contributed by atoms with van der Waals surface area (Å²) in [7, 11) is 0. The van der Waals surface area contributed by atoms with Crippen molar-refractivity contribution in [1.82, 2.24) is 14.6 Å². The lowest BCUT2D eigenvalue weighted by Gasteiger charge is -2.14. The molecule has 22 heavy (non-hydrogen) atoms. The maximum Gasteiger partial charge on any atom is 0.339 e. The highest BCUT2D eigenvalue weighted by molar-refractivity contribution is 5.95. The summed E-state index contributed by atoms with van der Waals surface area (Å²) in [5, 5.41) is 14.1. The standard InChI is InChI=1S/C17H17N3O2/c1-17(2,3)13-9-14-18-10-12(16(21)22)15(20(14)19-13)11-7-5-4-6-8-11/h4-10H,1-3H3,(H,21,22). The van der Waals surface area contributed by atoms with Crippen LogP contribution in [-0.2, 0) is 5.41 Å². The van der Waals surface area contributed by atoms with E-state index in [1.54, 1.807) is 4.52 Å². The van der Waals surface area contributed by atoms with Gasteiger partial charge in [0.05, 0.1) is 11.4 Å². The summed E-state index contributed by atoms with van der Waals surface area (Å²) in [5.74, 6) is -1.01. The first-order valence-corrected chi connectivity index (χ1v) is 7.06. The van der Waals surface area contributed by atoms with Gasteiger partial charge in [0.2, 0.25) is 0 Å². The molecular formula is C17H17N3O2. The predicted octanol–water partition coefficient (Wildman–Crippen LogP) is 3.39. The second-order valence-electron chi connectivity index (χ2n) is 6.24. The van der Waals surface area contributed by atoms with E-state index in [1.165, 1.54) is 6.20 Å². The molecule has 0 bridgehead atoms. The lowest BCUT2D eigenvalue weighted by atomic mass is 9.93. The Kier molecular flexibility index (Phi) is 3.20. The number of aromatic nitrogens is 3. The van der Waals surface area contributed by atoms with Crippen molar-refractivity contribution in [2.75, 3.05) is 0 Å². The van der Waals surface area contributed by atoms with E-state index in [0.717, 1.165) is 11.3 Å². The van der Waals surface area contributed by atoms with Crippen molar-refractivity contribution >= 4 is 11.6 Å². The molecule has 112 valence electrons. The minimum atomic E-state index is -1.01. The van der Waals surface area contributed by atoms with Gasteiger partial charge in [0.15, 0.2) is 5.65 Å². The largest absolute Gasteiger partial charge is 0.478 e. The number of hydrogen-bond acceptors (Lipinski definition) is 3. The molecule has 3 rings (SSSR count). The molecule has 0 spiro atoms. The van der Waals surface area contributed by atoms with Crippen molar-refractivity contribution < 1.29 is 9.90 Å². The number of nitrogens with zero attached hydrogens (tertiary/aromatic N) is 3. The number of carboxylic acid groups (broad SMARTS) is 1. The maximum atomic E-state index is 11.6. The topological polar surface area (TPSA) is 67.5 Å². The molecular weight excluding hydrogens is 278 g/mol. The molecule has 0 fully saturated rings. The van der Waals surface area contributed by atoms with Crippen molar-refractivity contribution in [1.29, 1.82) is 0 Å². The zero-order chi connectivity index (χ0) is 15.9. The fourth-order valence-corrected chi connectivity index (χ4v) is 2.33. The van der Waals surface area contributed by atoms with E-state index >= 15 is 0 Å². The van der Waals surface area contributed by atoms with Crippen molar-refractivity contribution in [3.8, 4) is 11.3 Å². The minimum Gasteiger partial charge on any atom is -0.478 e. The highest BCUT2D eigenvalue weighted by Crippen LogP contribution is 2.27. The van der Waals surface area contributed by atoms with Crippen LogP contribution in [0.25, 0.3) is 16.9 Å². The van der Waals surface area contributed by atoms with Gasteiger partial charge in [-0.3, -0.25) is 0 Å². The Labute approximate surface area is 128 Å². The third kappa shape index (κ3) is 2.35. The molecule has 0 aliphatic rings. The van der Waals surface area contributed by atoms with Gasteiger partial charge in [-0.2, -0.15) is 5.10 Å². The smallest absolute Gasteiger partial charge is 0.339 e. The number of benzene rings is 1. The zero-order valence-electron chi connectivity index (χ0n) is 12.7. The highest BCUT2D eigenvalue weighted by atomic mass is 16.4. The van der Waals surface area contributed by atoms with Gasteiger partial charge in [-0.05, 0) is 0 Å². The fourth-order valence-electron chi connectivity index (χ4n) is 2.33. The van der Waals surface area contributed by atoms with Crippen molar-refractivity contribution in [2.24, 2.45) is 0 Å². The monoisotopic (exact) mass is 295 g/mol. The average Bonchev–Trinajstić information content (AvgIpc) is 2.91. The zero-order valence-corrected chi connectivity index (χ0v) is 12.7. The second kappa shape index (κ2) is 4.94. The third-order valence-corrected chi connectivity index (χ3v) is 3.53. The summed E-state index contributed by atoms with van der Waals surface area (Å²) < 4.78 is 1.62. The molecule has 1 N–H and O–H groups in total. The van der Waals surface area contributed by atoms with Gasteiger partial charge in [-0.1, -0.05) is 51.1 Å². The van der Waals surface area contributed by atoms with Crippen LogP contribution < -0.4 is 0 Å². The van der Waals surface area contributed by atoms with E-state index in [-0.39, 0.29) is 11.0 Å². The Hall–Kier alpha value is -2.69. The molecule has 3 aromatic rings. The lowest BCUT2D eigenvalue weighted by molar-refractivity contribution is 0.0696. The van der Waals surface area contributed by atoms with E-state index in [1.807, 2.05) is 36.4 Å². The Morgan fingerprint density at radius 3 is 2.45 bits per heavy atom. The van der Waals surface area contributed by atoms with Gasteiger partial charge >= 0.3 is 5.97 Å². The molecule has 2 heterocycles. The van der Waals surface area contributed by atoms with Crippen LogP contribution in [0.5, 0.6) is 0 Å². The number of carbonyl (C=O) groups is 1. The number of aromatic carboxylic acids is 1. The Balaban J connectivity index is 2.37. The Morgan fingerprint density at radius 2 is 1.86 bits per heavy atom. The van der Waals surface area contributed by atoms with Crippen molar-refractivity contribution in [3.63, 3.8) is 0 Å². The van der Waals surface area contributed by atoms with Gasteiger partial charge in [0, 0.05) is 23.2 Å². The van der Waals surface area contributed by atoms with E-state index in [9.17, 15) is 9.90 Å². The summed E-state index contributed by atoms with van der Waals surface area (Å²) in [5.41, 5.74) is 2.88. The first kappa shape index (κ1) is 14.3. The van der Waals surface area contributed by atoms with E-state index in [0.29, 0.717) is 11.3 Å². The Morgan fingerprint density at radius 1 is 1.18 bits per heavy atom. The van der Waals surface area contributed by atoms with Gasteiger partial charge in [-0.15, -0.1) is 0 Å². The van der Waals surface area contributed by atoms with Crippen LogP contribution in [0.4, 0.5) is 0 Å². The number of hydrogen-bond donors (Lipinski definition) is 1. The fraction of sp³-hybridized carbons (Fsp3) is 0.235. The summed E-state index contributed by atoms with van der Waals surface area (Å²) in [6.45, 7) is 6.19. The number of fused-ring (bicyclic) bond motifs is 1. The lowest BCUT2D eigenvalue weighted by Crippen LogP contribution is -2.12. The quantitative estimate of drug-likeness (QED) is 0.787. The summed E-state index contributed by atoms with van der Waals surface area (Å²) >= 11 is 0. The average molecular weight is 295 g/mol. The molecule has 0 aliphatic heterocycles. The molecule has 2 aromatic heterocycles. The van der Waals surface area contributed by atoms with Crippen LogP contribution in [-0.4, -0.2) is 25.7 Å². The van der Waals surface area contributed by atoms with Crippen LogP contribution in [0.2, 0.25) is 0 Å². The van der Waals surface area contributed by atoms with Crippen LogP contribution in [0.15, 0.2) is 42.6 Å². The van der Waals surface area contributed by atoms with Crippen molar-refractivity contribution in [3.05, 3.63) is 53.9 Å². The number of carboxylic acids is 1.